The summed E-state index contributed by atoms with van der Waals surface area (Å²) in [5.41, 5.74) is 1.11. The zero-order valence-electron chi connectivity index (χ0n) is 9.27. The van der Waals surface area contributed by atoms with Crippen molar-refractivity contribution in [3.05, 3.63) is 18.0 Å². The molecule has 0 bridgehead atoms. The van der Waals surface area contributed by atoms with E-state index in [1.807, 2.05) is 19.4 Å². The molecule has 0 fully saturated rings. The third-order valence-electron chi connectivity index (χ3n) is 2.31. The normalized spacial score (nSPS) is 13.5. The van der Waals surface area contributed by atoms with Crippen LogP contribution in [0.2, 0.25) is 0 Å². The maximum absolute atomic E-state index is 9.72. The van der Waals surface area contributed by atoms with E-state index in [-0.39, 0.29) is 6.10 Å². The fourth-order valence-electron chi connectivity index (χ4n) is 1.48. The molecule has 1 rings (SSSR count). The molecule has 1 N–H and O–H groups in total. The summed E-state index contributed by atoms with van der Waals surface area (Å²) in [5, 5.41) is 13.8. The molecule has 0 saturated carbocycles. The number of nitrogens with zero attached hydrogens (tertiary/aromatic N) is 2. The summed E-state index contributed by atoms with van der Waals surface area (Å²) in [6.07, 6.45) is 6.24. The molecule has 0 aliphatic carbocycles. The van der Waals surface area contributed by atoms with Gasteiger partial charge in [-0.3, -0.25) is 4.68 Å². The van der Waals surface area contributed by atoms with Gasteiger partial charge in [-0.2, -0.15) is 5.10 Å². The van der Waals surface area contributed by atoms with E-state index >= 15 is 0 Å². The molecular weight excluding hydrogens is 176 g/mol. The van der Waals surface area contributed by atoms with Crippen molar-refractivity contribution >= 4 is 0 Å². The van der Waals surface area contributed by atoms with Crippen molar-refractivity contribution in [3.8, 4) is 0 Å². The highest BCUT2D eigenvalue weighted by Gasteiger charge is 2.07. The van der Waals surface area contributed by atoms with Gasteiger partial charge in [0.25, 0.3) is 0 Å². The minimum atomic E-state index is -0.221. The van der Waals surface area contributed by atoms with Crippen LogP contribution in [-0.4, -0.2) is 21.0 Å². The van der Waals surface area contributed by atoms with Gasteiger partial charge in [-0.1, -0.05) is 13.8 Å². The van der Waals surface area contributed by atoms with E-state index in [0.717, 1.165) is 24.8 Å². The SMILES string of the molecule is CC(C)CCC(O)Cc1cnn(C)c1. The molecule has 1 heterocycles. The van der Waals surface area contributed by atoms with Gasteiger partial charge in [-0.25, -0.2) is 0 Å². The summed E-state index contributed by atoms with van der Waals surface area (Å²) < 4.78 is 1.77. The van der Waals surface area contributed by atoms with Crippen LogP contribution in [0.1, 0.15) is 32.3 Å². The van der Waals surface area contributed by atoms with E-state index in [9.17, 15) is 5.11 Å². The first kappa shape index (κ1) is 11.2. The van der Waals surface area contributed by atoms with E-state index < -0.39 is 0 Å². The second-order valence-electron chi connectivity index (χ2n) is 4.35. The van der Waals surface area contributed by atoms with Crippen LogP contribution in [0.5, 0.6) is 0 Å². The standard InChI is InChI=1S/C11H20N2O/c1-9(2)4-5-11(14)6-10-7-12-13(3)8-10/h7-9,11,14H,4-6H2,1-3H3. The Morgan fingerprint density at radius 2 is 2.14 bits per heavy atom. The van der Waals surface area contributed by atoms with Crippen molar-refractivity contribution in [2.24, 2.45) is 13.0 Å². The Balaban J connectivity index is 2.30. The van der Waals surface area contributed by atoms with Crippen LogP contribution < -0.4 is 0 Å². The summed E-state index contributed by atoms with van der Waals surface area (Å²) in [6.45, 7) is 4.35. The first-order valence-electron chi connectivity index (χ1n) is 5.23. The van der Waals surface area contributed by atoms with Gasteiger partial charge >= 0.3 is 0 Å². The summed E-state index contributed by atoms with van der Waals surface area (Å²) in [7, 11) is 1.89. The van der Waals surface area contributed by atoms with Crippen LogP contribution in [0, 0.1) is 5.92 Å². The number of aryl methyl sites for hydroxylation is 1. The second-order valence-corrected chi connectivity index (χ2v) is 4.35. The van der Waals surface area contributed by atoms with Gasteiger partial charge < -0.3 is 5.11 Å². The largest absolute Gasteiger partial charge is 0.393 e. The third kappa shape index (κ3) is 3.92. The molecule has 0 aromatic carbocycles. The van der Waals surface area contributed by atoms with E-state index in [2.05, 4.69) is 18.9 Å². The molecule has 0 aliphatic heterocycles. The van der Waals surface area contributed by atoms with Crippen LogP contribution in [0.3, 0.4) is 0 Å². The van der Waals surface area contributed by atoms with Crippen LogP contribution in [0.25, 0.3) is 0 Å². The molecule has 0 saturated heterocycles. The molecule has 80 valence electrons. The van der Waals surface area contributed by atoms with Gasteiger partial charge in [0.2, 0.25) is 0 Å². The van der Waals surface area contributed by atoms with E-state index in [0.29, 0.717) is 5.92 Å². The Morgan fingerprint density at radius 3 is 2.64 bits per heavy atom. The van der Waals surface area contributed by atoms with E-state index in [1.54, 1.807) is 4.68 Å². The van der Waals surface area contributed by atoms with Gasteiger partial charge in [0.05, 0.1) is 12.3 Å². The Hall–Kier alpha value is -0.830. The van der Waals surface area contributed by atoms with Gasteiger partial charge in [0.15, 0.2) is 0 Å². The van der Waals surface area contributed by atoms with Crippen LogP contribution in [-0.2, 0) is 13.5 Å². The molecular formula is C11H20N2O. The highest BCUT2D eigenvalue weighted by molar-refractivity contribution is 5.04. The lowest BCUT2D eigenvalue weighted by Gasteiger charge is -2.10. The lowest BCUT2D eigenvalue weighted by atomic mass is 10.0. The maximum atomic E-state index is 9.72. The topological polar surface area (TPSA) is 38.1 Å². The number of aromatic nitrogens is 2. The van der Waals surface area contributed by atoms with Gasteiger partial charge in [-0.05, 0) is 24.3 Å². The minimum Gasteiger partial charge on any atom is -0.393 e. The average Bonchev–Trinajstić information content (AvgIpc) is 2.48. The van der Waals surface area contributed by atoms with Crippen LogP contribution >= 0.6 is 0 Å². The number of hydrogen-bond donors (Lipinski definition) is 1. The lowest BCUT2D eigenvalue weighted by Crippen LogP contribution is -2.11. The summed E-state index contributed by atoms with van der Waals surface area (Å²) in [6, 6.07) is 0. The molecule has 1 aromatic rings. The number of rotatable bonds is 5. The first-order valence-corrected chi connectivity index (χ1v) is 5.23. The Morgan fingerprint density at radius 1 is 1.43 bits per heavy atom. The number of aliphatic hydroxyl groups is 1. The van der Waals surface area contributed by atoms with Gasteiger partial charge in [-0.15, -0.1) is 0 Å². The quantitative estimate of drug-likeness (QED) is 0.779. The Bertz CT molecular complexity index is 268. The van der Waals surface area contributed by atoms with Gasteiger partial charge in [0, 0.05) is 19.7 Å². The van der Waals surface area contributed by atoms with Crippen molar-refractivity contribution in [3.63, 3.8) is 0 Å². The highest BCUT2D eigenvalue weighted by atomic mass is 16.3. The molecule has 0 spiro atoms. The van der Waals surface area contributed by atoms with Crippen molar-refractivity contribution < 1.29 is 5.11 Å². The number of hydrogen-bond acceptors (Lipinski definition) is 2. The molecule has 0 amide bonds. The molecule has 0 radical (unpaired) electrons. The maximum Gasteiger partial charge on any atom is 0.0581 e. The van der Waals surface area contributed by atoms with Crippen molar-refractivity contribution in [2.75, 3.05) is 0 Å². The fraction of sp³-hybridized carbons (Fsp3) is 0.727. The Labute approximate surface area is 85.8 Å². The van der Waals surface area contributed by atoms with E-state index in [1.165, 1.54) is 0 Å². The molecule has 0 aliphatic rings. The Kier molecular flexibility index (Phi) is 4.14. The molecule has 3 nitrogen and oxygen atoms in total. The molecule has 1 atom stereocenters. The minimum absolute atomic E-state index is 0.221. The summed E-state index contributed by atoms with van der Waals surface area (Å²) >= 11 is 0. The van der Waals surface area contributed by atoms with Crippen molar-refractivity contribution in [1.82, 2.24) is 9.78 Å². The predicted molar refractivity (Wildman–Crippen MR) is 57.0 cm³/mol. The van der Waals surface area contributed by atoms with E-state index in [4.69, 9.17) is 0 Å². The smallest absolute Gasteiger partial charge is 0.0581 e. The number of aliphatic hydroxyl groups excluding tert-OH is 1. The summed E-state index contributed by atoms with van der Waals surface area (Å²) in [4.78, 5) is 0. The highest BCUT2D eigenvalue weighted by Crippen LogP contribution is 2.10. The van der Waals surface area contributed by atoms with Crippen molar-refractivity contribution in [1.29, 1.82) is 0 Å². The van der Waals surface area contributed by atoms with Gasteiger partial charge in [0.1, 0.15) is 0 Å². The van der Waals surface area contributed by atoms with Crippen LogP contribution in [0.4, 0.5) is 0 Å². The van der Waals surface area contributed by atoms with Crippen LogP contribution in [0.15, 0.2) is 12.4 Å². The lowest BCUT2D eigenvalue weighted by molar-refractivity contribution is 0.157. The zero-order valence-corrected chi connectivity index (χ0v) is 9.27. The monoisotopic (exact) mass is 196 g/mol. The molecule has 1 unspecified atom stereocenters. The third-order valence-corrected chi connectivity index (χ3v) is 2.31. The zero-order chi connectivity index (χ0) is 10.6. The molecule has 3 heteroatoms. The predicted octanol–water partition coefficient (Wildman–Crippen LogP) is 1.76. The first-order chi connectivity index (χ1) is 6.58. The molecule has 1 aromatic heterocycles. The van der Waals surface area contributed by atoms with Crippen molar-refractivity contribution in [2.45, 2.75) is 39.2 Å². The molecule has 14 heavy (non-hydrogen) atoms. The summed E-state index contributed by atoms with van der Waals surface area (Å²) in [5.74, 6) is 0.665. The average molecular weight is 196 g/mol. The fourth-order valence-corrected chi connectivity index (χ4v) is 1.48. The second kappa shape index (κ2) is 5.15.